The van der Waals surface area contributed by atoms with Gasteiger partial charge in [0.1, 0.15) is 4.90 Å². The normalized spacial score (nSPS) is 24.7. The number of hydrogen-bond donors (Lipinski definition) is 3. The molecular weight excluding hydrogens is 290 g/mol. The SMILES string of the molecule is CN(C)S(=O)(=O)c1cccc(NC2CC(O)C2(C)C)c1N. The summed E-state index contributed by atoms with van der Waals surface area (Å²) in [4.78, 5) is 0.0928. The summed E-state index contributed by atoms with van der Waals surface area (Å²) >= 11 is 0. The number of nitrogen functional groups attached to an aromatic ring is 1. The zero-order chi connectivity index (χ0) is 16.0. The summed E-state index contributed by atoms with van der Waals surface area (Å²) in [6, 6.07) is 4.98. The van der Waals surface area contributed by atoms with E-state index in [0.29, 0.717) is 12.1 Å². The molecule has 4 N–H and O–H groups in total. The van der Waals surface area contributed by atoms with Crippen molar-refractivity contribution in [3.63, 3.8) is 0 Å². The van der Waals surface area contributed by atoms with Crippen LogP contribution < -0.4 is 11.1 Å². The molecule has 1 saturated carbocycles. The first-order valence-electron chi connectivity index (χ1n) is 6.84. The largest absolute Gasteiger partial charge is 0.396 e. The van der Waals surface area contributed by atoms with Crippen LogP contribution in [0.15, 0.2) is 23.1 Å². The van der Waals surface area contributed by atoms with Crippen molar-refractivity contribution in [3.8, 4) is 0 Å². The molecule has 1 fully saturated rings. The Kier molecular flexibility index (Phi) is 3.94. The van der Waals surface area contributed by atoms with Crippen LogP contribution in [-0.2, 0) is 10.0 Å². The molecule has 118 valence electrons. The molecule has 1 aromatic rings. The lowest BCUT2D eigenvalue weighted by molar-refractivity contribution is -0.0510. The van der Waals surface area contributed by atoms with Crippen LogP contribution in [0.3, 0.4) is 0 Å². The van der Waals surface area contributed by atoms with Gasteiger partial charge in [-0.25, -0.2) is 12.7 Å². The summed E-state index contributed by atoms with van der Waals surface area (Å²) in [6.45, 7) is 3.94. The van der Waals surface area contributed by atoms with E-state index in [0.717, 1.165) is 4.31 Å². The van der Waals surface area contributed by atoms with E-state index in [4.69, 9.17) is 5.73 Å². The molecule has 0 heterocycles. The molecule has 0 saturated heterocycles. The second kappa shape index (κ2) is 5.15. The van der Waals surface area contributed by atoms with Crippen molar-refractivity contribution in [3.05, 3.63) is 18.2 Å². The van der Waals surface area contributed by atoms with Crippen LogP contribution in [0.2, 0.25) is 0 Å². The molecule has 0 radical (unpaired) electrons. The third kappa shape index (κ3) is 2.61. The van der Waals surface area contributed by atoms with E-state index in [9.17, 15) is 13.5 Å². The number of sulfonamides is 1. The molecule has 1 aliphatic carbocycles. The van der Waals surface area contributed by atoms with Gasteiger partial charge in [0.05, 0.1) is 17.5 Å². The second-order valence-corrected chi connectivity index (χ2v) is 8.39. The fourth-order valence-electron chi connectivity index (χ4n) is 2.43. The van der Waals surface area contributed by atoms with Crippen molar-refractivity contribution in [2.75, 3.05) is 25.1 Å². The molecule has 0 aliphatic heterocycles. The number of para-hydroxylation sites is 1. The highest BCUT2D eigenvalue weighted by molar-refractivity contribution is 7.89. The topological polar surface area (TPSA) is 95.7 Å². The lowest BCUT2D eigenvalue weighted by Gasteiger charge is -2.50. The maximum absolute atomic E-state index is 12.2. The molecule has 2 unspecified atom stereocenters. The fraction of sp³-hybridized carbons (Fsp3) is 0.571. The molecule has 1 aromatic carbocycles. The predicted molar refractivity (Wildman–Crippen MR) is 83.5 cm³/mol. The number of benzene rings is 1. The summed E-state index contributed by atoms with van der Waals surface area (Å²) in [5, 5.41) is 13.0. The Bertz CT molecular complexity index is 641. The first kappa shape index (κ1) is 16.1. The number of aliphatic hydroxyl groups excluding tert-OH is 1. The van der Waals surface area contributed by atoms with Gasteiger partial charge in [-0.2, -0.15) is 0 Å². The lowest BCUT2D eigenvalue weighted by Crippen LogP contribution is -2.56. The molecule has 21 heavy (non-hydrogen) atoms. The number of rotatable bonds is 4. The van der Waals surface area contributed by atoms with Gasteiger partial charge in [0, 0.05) is 25.6 Å². The van der Waals surface area contributed by atoms with Crippen LogP contribution in [0.1, 0.15) is 20.3 Å². The molecule has 2 rings (SSSR count). The second-order valence-electron chi connectivity index (χ2n) is 6.27. The van der Waals surface area contributed by atoms with E-state index in [2.05, 4.69) is 5.32 Å². The summed E-state index contributed by atoms with van der Waals surface area (Å²) in [6.07, 6.45) is 0.266. The highest BCUT2D eigenvalue weighted by atomic mass is 32.2. The van der Waals surface area contributed by atoms with Gasteiger partial charge in [-0.15, -0.1) is 0 Å². The minimum Gasteiger partial charge on any atom is -0.396 e. The monoisotopic (exact) mass is 313 g/mol. The summed E-state index contributed by atoms with van der Waals surface area (Å²) in [5.41, 5.74) is 6.56. The van der Waals surface area contributed by atoms with E-state index in [1.54, 1.807) is 12.1 Å². The third-order valence-corrected chi connectivity index (χ3v) is 6.24. The smallest absolute Gasteiger partial charge is 0.244 e. The average Bonchev–Trinajstić information content (AvgIpc) is 2.40. The Labute approximate surface area is 126 Å². The number of nitrogens with zero attached hydrogens (tertiary/aromatic N) is 1. The number of hydrogen-bond acceptors (Lipinski definition) is 5. The van der Waals surface area contributed by atoms with E-state index < -0.39 is 10.0 Å². The maximum atomic E-state index is 12.2. The van der Waals surface area contributed by atoms with Crippen molar-refractivity contribution < 1.29 is 13.5 Å². The molecule has 2 atom stereocenters. The van der Waals surface area contributed by atoms with Gasteiger partial charge in [-0.3, -0.25) is 0 Å². The van der Waals surface area contributed by atoms with Gasteiger partial charge in [-0.05, 0) is 18.6 Å². The highest BCUT2D eigenvalue weighted by Crippen LogP contribution is 2.43. The molecular formula is C14H23N3O3S. The Balaban J connectivity index is 2.32. The van der Waals surface area contributed by atoms with Crippen LogP contribution in [0, 0.1) is 5.41 Å². The van der Waals surface area contributed by atoms with E-state index in [1.165, 1.54) is 20.2 Å². The standard InChI is InChI=1S/C14H23N3O3S/c1-14(2)11(8-12(14)18)16-9-6-5-7-10(13(9)15)21(19,20)17(3)4/h5-7,11-12,16,18H,8,15H2,1-4H3. The zero-order valence-corrected chi connectivity index (χ0v) is 13.6. The summed E-state index contributed by atoms with van der Waals surface area (Å²) in [7, 11) is -0.630. The van der Waals surface area contributed by atoms with Crippen molar-refractivity contribution in [2.45, 2.75) is 37.3 Å². The van der Waals surface area contributed by atoms with Crippen LogP contribution in [0.25, 0.3) is 0 Å². The third-order valence-electron chi connectivity index (χ3n) is 4.37. The molecule has 6 nitrogen and oxygen atoms in total. The Morgan fingerprint density at radius 1 is 1.38 bits per heavy atom. The average molecular weight is 313 g/mol. The van der Waals surface area contributed by atoms with Crippen LogP contribution in [-0.4, -0.2) is 44.1 Å². The molecule has 0 amide bonds. The first-order valence-corrected chi connectivity index (χ1v) is 8.28. The Morgan fingerprint density at radius 3 is 2.48 bits per heavy atom. The van der Waals surface area contributed by atoms with E-state index >= 15 is 0 Å². The first-order chi connectivity index (χ1) is 9.58. The van der Waals surface area contributed by atoms with Crippen LogP contribution in [0.4, 0.5) is 11.4 Å². The molecule has 0 aromatic heterocycles. The van der Waals surface area contributed by atoms with Gasteiger partial charge >= 0.3 is 0 Å². The Morgan fingerprint density at radius 2 is 2.00 bits per heavy atom. The molecule has 7 heteroatoms. The van der Waals surface area contributed by atoms with Crippen molar-refractivity contribution in [1.29, 1.82) is 0 Å². The number of aliphatic hydroxyl groups is 1. The van der Waals surface area contributed by atoms with E-state index in [1.807, 2.05) is 13.8 Å². The maximum Gasteiger partial charge on any atom is 0.244 e. The summed E-state index contributed by atoms with van der Waals surface area (Å²) < 4.78 is 25.6. The minimum absolute atomic E-state index is 0.0621. The van der Waals surface area contributed by atoms with E-state index in [-0.39, 0.29) is 28.1 Å². The van der Waals surface area contributed by atoms with Gasteiger partial charge in [0.25, 0.3) is 0 Å². The minimum atomic E-state index is -3.58. The van der Waals surface area contributed by atoms with Gasteiger partial charge in [0.15, 0.2) is 0 Å². The number of anilines is 2. The van der Waals surface area contributed by atoms with Crippen molar-refractivity contribution in [1.82, 2.24) is 4.31 Å². The van der Waals surface area contributed by atoms with Gasteiger partial charge in [-0.1, -0.05) is 19.9 Å². The zero-order valence-electron chi connectivity index (χ0n) is 12.8. The van der Waals surface area contributed by atoms with Gasteiger partial charge < -0.3 is 16.2 Å². The number of nitrogens with two attached hydrogens (primary N) is 1. The molecule has 1 aliphatic rings. The predicted octanol–water partition coefficient (Wildman–Crippen LogP) is 1.09. The molecule has 0 spiro atoms. The lowest BCUT2D eigenvalue weighted by atomic mass is 9.64. The van der Waals surface area contributed by atoms with Gasteiger partial charge in [0.2, 0.25) is 10.0 Å². The van der Waals surface area contributed by atoms with Crippen LogP contribution in [0.5, 0.6) is 0 Å². The summed E-state index contributed by atoms with van der Waals surface area (Å²) in [5.74, 6) is 0. The number of nitrogens with one attached hydrogen (secondary N) is 1. The van der Waals surface area contributed by atoms with Crippen molar-refractivity contribution >= 4 is 21.4 Å². The van der Waals surface area contributed by atoms with Crippen molar-refractivity contribution in [2.24, 2.45) is 5.41 Å². The fourth-order valence-corrected chi connectivity index (χ4v) is 3.46. The molecule has 0 bridgehead atoms. The highest BCUT2D eigenvalue weighted by Gasteiger charge is 2.47. The quantitative estimate of drug-likeness (QED) is 0.723. The van der Waals surface area contributed by atoms with Crippen LogP contribution >= 0.6 is 0 Å². The Hall–Kier alpha value is -1.31.